The van der Waals surface area contributed by atoms with Crippen LogP contribution in [0.4, 0.5) is 0 Å². The fourth-order valence-corrected chi connectivity index (χ4v) is 4.47. The first-order valence-electron chi connectivity index (χ1n) is 6.09. The lowest BCUT2D eigenvalue weighted by atomic mass is 10.3. The first-order valence-corrected chi connectivity index (χ1v) is 9.10. The van der Waals surface area contributed by atoms with Crippen molar-refractivity contribution < 1.29 is 8.42 Å². The van der Waals surface area contributed by atoms with Gasteiger partial charge in [-0.25, -0.2) is 13.4 Å². The predicted octanol–water partition coefficient (Wildman–Crippen LogP) is 4.14. The number of thiophene rings is 1. The molecule has 0 radical (unpaired) electrons. The summed E-state index contributed by atoms with van der Waals surface area (Å²) in [4.78, 5) is 5.94. The SMILES string of the molecule is Cc1ccc(C(C)N(C)S(=O)(=O)c2cnc(Cl)c(Cl)c2)s1. The molecule has 0 fully saturated rings. The lowest BCUT2D eigenvalue weighted by Crippen LogP contribution is -2.29. The minimum Gasteiger partial charge on any atom is -0.242 e. The van der Waals surface area contributed by atoms with Crippen LogP contribution in [0.1, 0.15) is 22.7 Å². The molecule has 0 aliphatic rings. The van der Waals surface area contributed by atoms with E-state index in [1.807, 2.05) is 26.0 Å². The largest absolute Gasteiger partial charge is 0.244 e. The number of hydrogen-bond acceptors (Lipinski definition) is 4. The van der Waals surface area contributed by atoms with Crippen molar-refractivity contribution in [1.82, 2.24) is 9.29 Å². The molecule has 0 N–H and O–H groups in total. The third kappa shape index (κ3) is 3.40. The zero-order valence-electron chi connectivity index (χ0n) is 11.7. The number of sulfonamides is 1. The first kappa shape index (κ1) is 16.7. The summed E-state index contributed by atoms with van der Waals surface area (Å²) in [5, 5.41) is 0.200. The second-order valence-electron chi connectivity index (χ2n) is 4.59. The average Bonchev–Trinajstić information content (AvgIpc) is 2.86. The van der Waals surface area contributed by atoms with E-state index in [1.165, 1.54) is 23.6 Å². The molecule has 0 saturated heterocycles. The van der Waals surface area contributed by atoms with Crippen LogP contribution in [0.2, 0.25) is 10.2 Å². The van der Waals surface area contributed by atoms with E-state index in [4.69, 9.17) is 23.2 Å². The fourth-order valence-electron chi connectivity index (χ4n) is 1.78. The number of hydrogen-bond donors (Lipinski definition) is 0. The Morgan fingerprint density at radius 1 is 1.33 bits per heavy atom. The van der Waals surface area contributed by atoms with E-state index in [0.717, 1.165) is 9.75 Å². The van der Waals surface area contributed by atoms with Crippen molar-refractivity contribution >= 4 is 44.6 Å². The summed E-state index contributed by atoms with van der Waals surface area (Å²) in [6.45, 7) is 3.83. The van der Waals surface area contributed by atoms with Crippen LogP contribution < -0.4 is 0 Å². The Kier molecular flexibility index (Phi) is 4.95. The predicted molar refractivity (Wildman–Crippen MR) is 86.7 cm³/mol. The van der Waals surface area contributed by atoms with Gasteiger partial charge in [-0.05, 0) is 32.0 Å². The number of halogens is 2. The molecule has 8 heteroatoms. The molecular formula is C13H14Cl2N2O2S2. The standard InChI is InChI=1S/C13H14Cl2N2O2S2/c1-8-4-5-12(20-8)9(2)17(3)21(18,19)10-6-11(14)13(15)16-7-10/h4-7,9H,1-3H3. The van der Waals surface area contributed by atoms with Crippen molar-refractivity contribution in [3.63, 3.8) is 0 Å². The van der Waals surface area contributed by atoms with Gasteiger partial charge in [0.25, 0.3) is 0 Å². The normalized spacial score (nSPS) is 13.6. The monoisotopic (exact) mass is 364 g/mol. The van der Waals surface area contributed by atoms with E-state index >= 15 is 0 Å². The van der Waals surface area contributed by atoms with Crippen LogP contribution in [-0.2, 0) is 10.0 Å². The minimum absolute atomic E-state index is 0.0273. The average molecular weight is 365 g/mol. The van der Waals surface area contributed by atoms with Crippen LogP contribution in [-0.4, -0.2) is 24.8 Å². The maximum atomic E-state index is 12.6. The second kappa shape index (κ2) is 6.22. The first-order chi connectivity index (χ1) is 9.73. The van der Waals surface area contributed by atoms with Gasteiger partial charge in [-0.1, -0.05) is 23.2 Å². The van der Waals surface area contributed by atoms with Crippen LogP contribution in [0, 0.1) is 6.92 Å². The van der Waals surface area contributed by atoms with Crippen molar-refractivity contribution in [2.45, 2.75) is 24.8 Å². The summed E-state index contributed by atoms with van der Waals surface area (Å²) in [6, 6.07) is 4.94. The quantitative estimate of drug-likeness (QED) is 0.765. The molecule has 1 unspecified atom stereocenters. The zero-order valence-corrected chi connectivity index (χ0v) is 14.8. The second-order valence-corrected chi connectivity index (χ2v) is 8.67. The molecule has 2 aromatic heterocycles. The summed E-state index contributed by atoms with van der Waals surface area (Å²) in [7, 11) is -2.14. The molecule has 2 rings (SSSR count). The summed E-state index contributed by atoms with van der Waals surface area (Å²) < 4.78 is 26.5. The molecule has 1 atom stereocenters. The Hall–Kier alpha value is -0.660. The number of rotatable bonds is 4. The molecule has 0 aromatic carbocycles. The molecule has 4 nitrogen and oxygen atoms in total. The summed E-state index contributed by atoms with van der Waals surface area (Å²) in [5.41, 5.74) is 0. The van der Waals surface area contributed by atoms with E-state index in [0.29, 0.717) is 0 Å². The molecule has 0 bridgehead atoms. The number of nitrogens with zero attached hydrogens (tertiary/aromatic N) is 2. The summed E-state index contributed by atoms with van der Waals surface area (Å²) in [5.74, 6) is 0. The van der Waals surface area contributed by atoms with Gasteiger partial charge in [0.2, 0.25) is 10.0 Å². The Morgan fingerprint density at radius 2 is 2.00 bits per heavy atom. The zero-order chi connectivity index (χ0) is 15.8. The van der Waals surface area contributed by atoms with Crippen LogP contribution in [0.15, 0.2) is 29.3 Å². The Labute approximate surface area is 138 Å². The molecular weight excluding hydrogens is 351 g/mol. The molecule has 21 heavy (non-hydrogen) atoms. The maximum absolute atomic E-state index is 12.6. The van der Waals surface area contributed by atoms with Crippen molar-refractivity contribution in [1.29, 1.82) is 0 Å². The highest BCUT2D eigenvalue weighted by Gasteiger charge is 2.28. The Morgan fingerprint density at radius 3 is 2.52 bits per heavy atom. The molecule has 2 heterocycles. The Bertz CT molecular complexity index is 759. The summed E-state index contributed by atoms with van der Waals surface area (Å²) >= 11 is 13.1. The van der Waals surface area contributed by atoms with Gasteiger partial charge in [0.15, 0.2) is 0 Å². The van der Waals surface area contributed by atoms with E-state index in [9.17, 15) is 8.42 Å². The third-order valence-corrected chi connectivity index (χ3v) is 6.92. The van der Waals surface area contributed by atoms with E-state index < -0.39 is 10.0 Å². The molecule has 114 valence electrons. The van der Waals surface area contributed by atoms with Gasteiger partial charge in [0.05, 0.1) is 11.1 Å². The van der Waals surface area contributed by atoms with Crippen molar-refractivity contribution in [3.05, 3.63) is 44.3 Å². The van der Waals surface area contributed by atoms with Gasteiger partial charge in [0, 0.05) is 23.0 Å². The molecule has 0 saturated carbocycles. The van der Waals surface area contributed by atoms with Gasteiger partial charge in [-0.15, -0.1) is 11.3 Å². The Balaban J connectivity index is 2.36. The van der Waals surface area contributed by atoms with E-state index in [-0.39, 0.29) is 21.1 Å². The summed E-state index contributed by atoms with van der Waals surface area (Å²) in [6.07, 6.45) is 1.21. The molecule has 0 spiro atoms. The number of aromatic nitrogens is 1. The third-order valence-electron chi connectivity index (χ3n) is 3.17. The highest BCUT2D eigenvalue weighted by Crippen LogP contribution is 2.31. The molecule has 0 aliphatic carbocycles. The van der Waals surface area contributed by atoms with Crippen molar-refractivity contribution in [3.8, 4) is 0 Å². The van der Waals surface area contributed by atoms with Crippen LogP contribution in [0.3, 0.4) is 0 Å². The number of aryl methyl sites for hydroxylation is 1. The smallest absolute Gasteiger partial charge is 0.242 e. The van der Waals surface area contributed by atoms with Gasteiger partial charge in [0.1, 0.15) is 10.0 Å². The highest BCUT2D eigenvalue weighted by atomic mass is 35.5. The van der Waals surface area contributed by atoms with Gasteiger partial charge in [-0.3, -0.25) is 0 Å². The lowest BCUT2D eigenvalue weighted by molar-refractivity contribution is 0.402. The molecule has 0 aliphatic heterocycles. The van der Waals surface area contributed by atoms with Gasteiger partial charge in [-0.2, -0.15) is 4.31 Å². The van der Waals surface area contributed by atoms with Crippen molar-refractivity contribution in [2.75, 3.05) is 7.05 Å². The van der Waals surface area contributed by atoms with Gasteiger partial charge < -0.3 is 0 Å². The van der Waals surface area contributed by atoms with Crippen LogP contribution in [0.25, 0.3) is 0 Å². The number of pyridine rings is 1. The van der Waals surface area contributed by atoms with Crippen LogP contribution in [0.5, 0.6) is 0 Å². The van der Waals surface area contributed by atoms with Crippen molar-refractivity contribution in [2.24, 2.45) is 0 Å². The maximum Gasteiger partial charge on any atom is 0.244 e. The topological polar surface area (TPSA) is 50.3 Å². The lowest BCUT2D eigenvalue weighted by Gasteiger charge is -2.23. The highest BCUT2D eigenvalue weighted by molar-refractivity contribution is 7.89. The van der Waals surface area contributed by atoms with E-state index in [2.05, 4.69) is 4.98 Å². The fraction of sp³-hybridized carbons (Fsp3) is 0.308. The molecule has 0 amide bonds. The molecule has 2 aromatic rings. The minimum atomic E-state index is -3.68. The van der Waals surface area contributed by atoms with E-state index in [1.54, 1.807) is 11.3 Å². The van der Waals surface area contributed by atoms with Crippen LogP contribution >= 0.6 is 34.5 Å². The van der Waals surface area contributed by atoms with Gasteiger partial charge >= 0.3 is 0 Å².